The zero-order valence-corrected chi connectivity index (χ0v) is 9.10. The fourth-order valence-electron chi connectivity index (χ4n) is 1.65. The van der Waals surface area contributed by atoms with Crippen molar-refractivity contribution < 1.29 is 0 Å². The average molecular weight is 214 g/mol. The summed E-state index contributed by atoms with van der Waals surface area (Å²) in [6.07, 6.45) is 1.67. The van der Waals surface area contributed by atoms with E-state index in [4.69, 9.17) is 5.73 Å². The molecule has 0 fully saturated rings. The molecular formula is C13H14N2O. The van der Waals surface area contributed by atoms with Crippen LogP contribution in [0.15, 0.2) is 47.4 Å². The van der Waals surface area contributed by atoms with Gasteiger partial charge in [0.1, 0.15) is 0 Å². The van der Waals surface area contributed by atoms with Crippen LogP contribution < -0.4 is 11.3 Å². The Labute approximate surface area is 93.9 Å². The molecule has 2 rings (SSSR count). The van der Waals surface area contributed by atoms with Gasteiger partial charge < -0.3 is 10.7 Å². The summed E-state index contributed by atoms with van der Waals surface area (Å²) >= 11 is 0. The van der Waals surface area contributed by atoms with Crippen LogP contribution in [0.25, 0.3) is 0 Å². The van der Waals surface area contributed by atoms with Crippen LogP contribution in [0.3, 0.4) is 0 Å². The normalized spacial score (nSPS) is 12.4. The SMILES string of the molecule is Cc1cc([C@@H](N)c2ccccc2)c[nH]c1=O. The van der Waals surface area contributed by atoms with E-state index in [2.05, 4.69) is 4.98 Å². The summed E-state index contributed by atoms with van der Waals surface area (Å²) in [7, 11) is 0. The van der Waals surface area contributed by atoms with E-state index in [1.165, 1.54) is 0 Å². The molecule has 3 nitrogen and oxygen atoms in total. The summed E-state index contributed by atoms with van der Waals surface area (Å²) in [6.45, 7) is 1.78. The summed E-state index contributed by atoms with van der Waals surface area (Å²) in [5, 5.41) is 0. The molecule has 0 radical (unpaired) electrons. The van der Waals surface area contributed by atoms with Gasteiger partial charge in [-0.25, -0.2) is 0 Å². The van der Waals surface area contributed by atoms with E-state index in [0.717, 1.165) is 11.1 Å². The first-order valence-electron chi connectivity index (χ1n) is 5.18. The molecular weight excluding hydrogens is 200 g/mol. The van der Waals surface area contributed by atoms with Gasteiger partial charge in [-0.15, -0.1) is 0 Å². The minimum atomic E-state index is -0.197. The van der Waals surface area contributed by atoms with Gasteiger partial charge in [-0.3, -0.25) is 4.79 Å². The van der Waals surface area contributed by atoms with E-state index in [1.54, 1.807) is 13.1 Å². The number of aryl methyl sites for hydroxylation is 1. The lowest BCUT2D eigenvalue weighted by Crippen LogP contribution is -2.16. The molecule has 0 aliphatic rings. The molecule has 0 bridgehead atoms. The van der Waals surface area contributed by atoms with E-state index in [9.17, 15) is 4.79 Å². The van der Waals surface area contributed by atoms with Crippen LogP contribution in [0.4, 0.5) is 0 Å². The number of rotatable bonds is 2. The van der Waals surface area contributed by atoms with Crippen LogP contribution in [0.5, 0.6) is 0 Å². The van der Waals surface area contributed by atoms with Crippen molar-refractivity contribution in [3.05, 3.63) is 69.6 Å². The molecule has 1 atom stereocenters. The quantitative estimate of drug-likeness (QED) is 0.799. The molecule has 1 aromatic carbocycles. The van der Waals surface area contributed by atoms with Crippen LogP contribution in [0.1, 0.15) is 22.7 Å². The predicted octanol–water partition coefficient (Wildman–Crippen LogP) is 1.73. The van der Waals surface area contributed by atoms with Crippen LogP contribution in [-0.4, -0.2) is 4.98 Å². The molecule has 0 spiro atoms. The van der Waals surface area contributed by atoms with E-state index >= 15 is 0 Å². The monoisotopic (exact) mass is 214 g/mol. The maximum absolute atomic E-state index is 11.2. The lowest BCUT2D eigenvalue weighted by atomic mass is 10.0. The molecule has 0 aliphatic carbocycles. The number of nitrogens with one attached hydrogen (secondary N) is 1. The maximum atomic E-state index is 11.2. The smallest absolute Gasteiger partial charge is 0.250 e. The largest absolute Gasteiger partial charge is 0.329 e. The third-order valence-electron chi connectivity index (χ3n) is 2.63. The summed E-state index contributed by atoms with van der Waals surface area (Å²) in [5.74, 6) is 0. The second-order valence-electron chi connectivity index (χ2n) is 3.83. The zero-order chi connectivity index (χ0) is 11.5. The number of H-pyrrole nitrogens is 1. The summed E-state index contributed by atoms with van der Waals surface area (Å²) in [6, 6.07) is 11.4. The van der Waals surface area contributed by atoms with Crippen molar-refractivity contribution in [2.75, 3.05) is 0 Å². The molecule has 0 unspecified atom stereocenters. The standard InChI is InChI=1S/C13H14N2O/c1-9-7-11(8-15-13(9)16)12(14)10-5-3-2-4-6-10/h2-8,12H,14H2,1H3,(H,15,16)/t12-/m0/s1. The number of aromatic amines is 1. The van der Waals surface area contributed by atoms with Crippen LogP contribution >= 0.6 is 0 Å². The topological polar surface area (TPSA) is 58.9 Å². The maximum Gasteiger partial charge on any atom is 0.250 e. The van der Waals surface area contributed by atoms with Gasteiger partial charge in [-0.2, -0.15) is 0 Å². The Morgan fingerprint density at radius 3 is 2.50 bits per heavy atom. The summed E-state index contributed by atoms with van der Waals surface area (Å²) in [5.41, 5.74) is 8.69. The molecule has 3 heteroatoms. The van der Waals surface area contributed by atoms with Gasteiger partial charge >= 0.3 is 0 Å². The van der Waals surface area contributed by atoms with Crippen molar-refractivity contribution in [2.24, 2.45) is 5.73 Å². The Balaban J connectivity index is 2.38. The van der Waals surface area contributed by atoms with Crippen molar-refractivity contribution in [1.82, 2.24) is 4.98 Å². The molecule has 2 aromatic rings. The van der Waals surface area contributed by atoms with E-state index in [0.29, 0.717) is 5.56 Å². The minimum absolute atomic E-state index is 0.0657. The first kappa shape index (κ1) is 10.6. The molecule has 0 aliphatic heterocycles. The average Bonchev–Trinajstić information content (AvgIpc) is 2.33. The molecule has 0 saturated heterocycles. The highest BCUT2D eigenvalue weighted by molar-refractivity contribution is 5.30. The molecule has 0 amide bonds. The fraction of sp³-hybridized carbons (Fsp3) is 0.154. The van der Waals surface area contributed by atoms with Crippen molar-refractivity contribution in [3.63, 3.8) is 0 Å². The van der Waals surface area contributed by atoms with Gasteiger partial charge in [0.05, 0.1) is 6.04 Å². The van der Waals surface area contributed by atoms with Gasteiger partial charge in [0.25, 0.3) is 5.56 Å². The van der Waals surface area contributed by atoms with Gasteiger partial charge in [0, 0.05) is 11.8 Å². The summed E-state index contributed by atoms with van der Waals surface area (Å²) < 4.78 is 0. The third kappa shape index (κ3) is 2.04. The molecule has 16 heavy (non-hydrogen) atoms. The fourth-order valence-corrected chi connectivity index (χ4v) is 1.65. The van der Waals surface area contributed by atoms with Crippen LogP contribution in [0, 0.1) is 6.92 Å². The number of hydrogen-bond acceptors (Lipinski definition) is 2. The molecule has 82 valence electrons. The minimum Gasteiger partial charge on any atom is -0.329 e. The number of nitrogens with two attached hydrogens (primary N) is 1. The van der Waals surface area contributed by atoms with E-state index in [-0.39, 0.29) is 11.6 Å². The van der Waals surface area contributed by atoms with Gasteiger partial charge in [-0.05, 0) is 24.1 Å². The van der Waals surface area contributed by atoms with Gasteiger partial charge in [-0.1, -0.05) is 30.3 Å². The molecule has 1 heterocycles. The Hall–Kier alpha value is -1.87. The Morgan fingerprint density at radius 1 is 1.19 bits per heavy atom. The number of pyridine rings is 1. The number of benzene rings is 1. The molecule has 0 saturated carbocycles. The number of aromatic nitrogens is 1. The Kier molecular flexibility index (Phi) is 2.88. The highest BCUT2D eigenvalue weighted by Crippen LogP contribution is 2.17. The molecule has 1 aromatic heterocycles. The predicted molar refractivity (Wildman–Crippen MR) is 64.3 cm³/mol. The lowest BCUT2D eigenvalue weighted by Gasteiger charge is -2.12. The lowest BCUT2D eigenvalue weighted by molar-refractivity contribution is 0.857. The highest BCUT2D eigenvalue weighted by atomic mass is 16.1. The summed E-state index contributed by atoms with van der Waals surface area (Å²) in [4.78, 5) is 13.9. The van der Waals surface area contributed by atoms with Crippen LogP contribution in [-0.2, 0) is 0 Å². The second kappa shape index (κ2) is 4.33. The van der Waals surface area contributed by atoms with Crippen molar-refractivity contribution in [2.45, 2.75) is 13.0 Å². The van der Waals surface area contributed by atoms with E-state index in [1.807, 2.05) is 36.4 Å². The van der Waals surface area contributed by atoms with Crippen molar-refractivity contribution >= 4 is 0 Å². The zero-order valence-electron chi connectivity index (χ0n) is 9.10. The van der Waals surface area contributed by atoms with Gasteiger partial charge in [0.2, 0.25) is 0 Å². The Morgan fingerprint density at radius 2 is 1.88 bits per heavy atom. The molecule has 3 N–H and O–H groups in total. The van der Waals surface area contributed by atoms with Crippen molar-refractivity contribution in [1.29, 1.82) is 0 Å². The van der Waals surface area contributed by atoms with E-state index < -0.39 is 0 Å². The highest BCUT2D eigenvalue weighted by Gasteiger charge is 2.09. The second-order valence-corrected chi connectivity index (χ2v) is 3.83. The number of hydrogen-bond donors (Lipinski definition) is 2. The Bertz CT molecular complexity index is 531. The third-order valence-corrected chi connectivity index (χ3v) is 2.63. The van der Waals surface area contributed by atoms with Crippen molar-refractivity contribution in [3.8, 4) is 0 Å². The van der Waals surface area contributed by atoms with Crippen LogP contribution in [0.2, 0.25) is 0 Å². The van der Waals surface area contributed by atoms with Gasteiger partial charge in [0.15, 0.2) is 0 Å². The first-order chi connectivity index (χ1) is 7.68. The first-order valence-corrected chi connectivity index (χ1v) is 5.18.